The number of hydrogen-bond acceptors (Lipinski definition) is 3. The molecule has 4 heteroatoms. The van der Waals surface area contributed by atoms with E-state index in [1.165, 1.54) is 6.08 Å². The fraction of sp³-hybridized carbons (Fsp3) is 0.167. The summed E-state index contributed by atoms with van der Waals surface area (Å²) in [7, 11) is 0. The van der Waals surface area contributed by atoms with Gasteiger partial charge in [0, 0.05) is 17.6 Å². The minimum atomic E-state index is -0.370. The molecule has 1 unspecified atom stereocenters. The number of nitrogens with one attached hydrogen (secondary N) is 1. The van der Waals surface area contributed by atoms with Crippen LogP contribution < -0.4 is 5.32 Å². The summed E-state index contributed by atoms with van der Waals surface area (Å²) < 4.78 is 0. The molecule has 4 nitrogen and oxygen atoms in total. The van der Waals surface area contributed by atoms with E-state index in [0.29, 0.717) is 5.57 Å². The first-order chi connectivity index (χ1) is 7.58. The Balaban J connectivity index is 2.29. The lowest BCUT2D eigenvalue weighted by molar-refractivity contribution is -0.123. The van der Waals surface area contributed by atoms with E-state index in [1.807, 2.05) is 6.92 Å². The van der Waals surface area contributed by atoms with Crippen LogP contribution in [0.2, 0.25) is 0 Å². The molecular weight excluding hydrogens is 206 g/mol. The smallest absolute Gasteiger partial charge is 0.254 e. The number of benzene rings is 1. The van der Waals surface area contributed by atoms with E-state index in [1.54, 1.807) is 24.3 Å². The second kappa shape index (κ2) is 3.81. The predicted molar refractivity (Wildman–Crippen MR) is 57.8 cm³/mol. The first-order valence-corrected chi connectivity index (χ1v) is 4.94. The Labute approximate surface area is 92.6 Å². The van der Waals surface area contributed by atoms with Gasteiger partial charge in [0.15, 0.2) is 0 Å². The van der Waals surface area contributed by atoms with Crippen LogP contribution in [0.4, 0.5) is 0 Å². The number of carbonyl (C=O) groups excluding carboxylic acids is 2. The molecule has 0 saturated heterocycles. The second-order valence-corrected chi connectivity index (χ2v) is 3.73. The molecule has 0 spiro atoms. The van der Waals surface area contributed by atoms with Gasteiger partial charge in [-0.3, -0.25) is 14.9 Å². The molecule has 2 rings (SSSR count). The molecule has 0 bridgehead atoms. The molecule has 0 fully saturated rings. The zero-order valence-corrected chi connectivity index (χ0v) is 8.73. The molecule has 1 aliphatic heterocycles. The average molecular weight is 217 g/mol. The number of hydrogen-bond donors (Lipinski definition) is 2. The molecule has 82 valence electrons. The van der Waals surface area contributed by atoms with E-state index in [0.717, 1.165) is 5.56 Å². The Morgan fingerprint density at radius 1 is 1.19 bits per heavy atom. The number of phenols is 1. The quantitative estimate of drug-likeness (QED) is 0.728. The van der Waals surface area contributed by atoms with Crippen molar-refractivity contribution >= 4 is 11.8 Å². The average Bonchev–Trinajstić information content (AvgIpc) is 2.58. The molecule has 1 aliphatic rings. The van der Waals surface area contributed by atoms with Crippen LogP contribution in [0.1, 0.15) is 18.4 Å². The van der Waals surface area contributed by atoms with Gasteiger partial charge in [-0.1, -0.05) is 19.1 Å². The van der Waals surface area contributed by atoms with Gasteiger partial charge in [0.05, 0.1) is 0 Å². The Morgan fingerprint density at radius 2 is 1.81 bits per heavy atom. The third-order valence-electron chi connectivity index (χ3n) is 2.65. The maximum absolute atomic E-state index is 11.4. The summed E-state index contributed by atoms with van der Waals surface area (Å²) in [4.78, 5) is 22.4. The number of amides is 2. The standard InChI is InChI=1S/C12H11NO3/c1-7(8-2-4-9(14)5-3-8)10-6-11(15)13-12(10)16/h2-7,14H,1H3,(H,13,15,16). The lowest BCUT2D eigenvalue weighted by Gasteiger charge is -2.11. The van der Waals surface area contributed by atoms with Gasteiger partial charge in [-0.15, -0.1) is 0 Å². The first kappa shape index (κ1) is 10.4. The summed E-state index contributed by atoms with van der Waals surface area (Å²) in [6.07, 6.45) is 1.32. The summed E-state index contributed by atoms with van der Waals surface area (Å²) in [5.41, 5.74) is 1.34. The highest BCUT2D eigenvalue weighted by Gasteiger charge is 2.26. The normalized spacial score (nSPS) is 16.9. The molecule has 1 aromatic carbocycles. The van der Waals surface area contributed by atoms with E-state index >= 15 is 0 Å². The lowest BCUT2D eigenvalue weighted by atomic mass is 9.93. The number of phenolic OH excluding ortho intramolecular Hbond substituents is 1. The molecule has 0 radical (unpaired) electrons. The molecule has 0 aliphatic carbocycles. The molecular formula is C12H11NO3. The Bertz CT molecular complexity index is 474. The van der Waals surface area contributed by atoms with Crippen molar-refractivity contribution in [3.8, 4) is 5.75 Å². The van der Waals surface area contributed by atoms with Crippen molar-refractivity contribution in [3.05, 3.63) is 41.5 Å². The summed E-state index contributed by atoms with van der Waals surface area (Å²) in [5, 5.41) is 11.4. The zero-order valence-electron chi connectivity index (χ0n) is 8.73. The molecule has 0 saturated carbocycles. The maximum atomic E-state index is 11.4. The van der Waals surface area contributed by atoms with Gasteiger partial charge in [-0.25, -0.2) is 0 Å². The molecule has 1 aromatic rings. The molecule has 2 N–H and O–H groups in total. The monoisotopic (exact) mass is 217 g/mol. The van der Waals surface area contributed by atoms with Crippen molar-refractivity contribution in [1.29, 1.82) is 0 Å². The Kier molecular flexibility index (Phi) is 2.48. The van der Waals surface area contributed by atoms with E-state index in [4.69, 9.17) is 5.11 Å². The fourth-order valence-electron chi connectivity index (χ4n) is 1.69. The topological polar surface area (TPSA) is 66.4 Å². The summed E-state index contributed by atoms with van der Waals surface area (Å²) in [6, 6.07) is 6.58. The minimum Gasteiger partial charge on any atom is -0.508 e. The van der Waals surface area contributed by atoms with Crippen molar-refractivity contribution in [1.82, 2.24) is 5.32 Å². The van der Waals surface area contributed by atoms with Gasteiger partial charge in [-0.05, 0) is 17.7 Å². The van der Waals surface area contributed by atoms with Crippen molar-refractivity contribution in [2.75, 3.05) is 0 Å². The van der Waals surface area contributed by atoms with Crippen LogP contribution in [-0.2, 0) is 9.59 Å². The third-order valence-corrected chi connectivity index (χ3v) is 2.65. The highest BCUT2D eigenvalue weighted by molar-refractivity contribution is 6.16. The van der Waals surface area contributed by atoms with Crippen molar-refractivity contribution in [3.63, 3.8) is 0 Å². The molecule has 16 heavy (non-hydrogen) atoms. The first-order valence-electron chi connectivity index (χ1n) is 4.94. The predicted octanol–water partition coefficient (Wildman–Crippen LogP) is 1.08. The number of aromatic hydroxyl groups is 1. The molecule has 1 heterocycles. The van der Waals surface area contributed by atoms with Gasteiger partial charge >= 0.3 is 0 Å². The molecule has 0 aromatic heterocycles. The van der Waals surface area contributed by atoms with Gasteiger partial charge in [-0.2, -0.15) is 0 Å². The summed E-state index contributed by atoms with van der Waals surface area (Å²) in [6.45, 7) is 1.84. The van der Waals surface area contributed by atoms with Gasteiger partial charge in [0.2, 0.25) is 0 Å². The van der Waals surface area contributed by atoms with Crippen LogP contribution in [0.15, 0.2) is 35.9 Å². The van der Waals surface area contributed by atoms with E-state index in [9.17, 15) is 9.59 Å². The maximum Gasteiger partial charge on any atom is 0.254 e. The highest BCUT2D eigenvalue weighted by atomic mass is 16.3. The van der Waals surface area contributed by atoms with Crippen LogP contribution in [0.3, 0.4) is 0 Å². The second-order valence-electron chi connectivity index (χ2n) is 3.73. The summed E-state index contributed by atoms with van der Waals surface area (Å²) >= 11 is 0. The van der Waals surface area contributed by atoms with E-state index < -0.39 is 0 Å². The van der Waals surface area contributed by atoms with Gasteiger partial charge in [0.25, 0.3) is 11.8 Å². The van der Waals surface area contributed by atoms with Gasteiger partial charge < -0.3 is 5.11 Å². The molecule has 1 atom stereocenters. The Morgan fingerprint density at radius 3 is 2.31 bits per heavy atom. The van der Waals surface area contributed by atoms with Crippen LogP contribution in [0, 0.1) is 0 Å². The Hall–Kier alpha value is -2.10. The van der Waals surface area contributed by atoms with Crippen LogP contribution in [0.25, 0.3) is 0 Å². The van der Waals surface area contributed by atoms with Crippen molar-refractivity contribution in [2.45, 2.75) is 12.8 Å². The van der Waals surface area contributed by atoms with E-state index in [-0.39, 0.29) is 23.5 Å². The zero-order chi connectivity index (χ0) is 11.7. The molecule has 2 amide bonds. The van der Waals surface area contributed by atoms with Crippen LogP contribution >= 0.6 is 0 Å². The van der Waals surface area contributed by atoms with E-state index in [2.05, 4.69) is 5.32 Å². The number of carbonyl (C=O) groups is 2. The minimum absolute atomic E-state index is 0.160. The van der Waals surface area contributed by atoms with Gasteiger partial charge in [0.1, 0.15) is 5.75 Å². The lowest BCUT2D eigenvalue weighted by Crippen LogP contribution is -2.23. The van der Waals surface area contributed by atoms with Crippen molar-refractivity contribution in [2.24, 2.45) is 0 Å². The van der Waals surface area contributed by atoms with Crippen molar-refractivity contribution < 1.29 is 14.7 Å². The summed E-state index contributed by atoms with van der Waals surface area (Å²) in [5.74, 6) is -0.694. The highest BCUT2D eigenvalue weighted by Crippen LogP contribution is 2.26. The third kappa shape index (κ3) is 1.82. The number of rotatable bonds is 2. The largest absolute Gasteiger partial charge is 0.508 e. The number of imide groups is 1. The van der Waals surface area contributed by atoms with Crippen LogP contribution in [-0.4, -0.2) is 16.9 Å². The SMILES string of the molecule is CC(C1=CC(=O)NC1=O)c1ccc(O)cc1. The van der Waals surface area contributed by atoms with Crippen LogP contribution in [0.5, 0.6) is 5.75 Å². The fourth-order valence-corrected chi connectivity index (χ4v) is 1.69.